The maximum absolute atomic E-state index is 13.3. The van der Waals surface area contributed by atoms with E-state index in [4.69, 9.17) is 5.10 Å². The molecule has 0 saturated heterocycles. The van der Waals surface area contributed by atoms with Crippen molar-refractivity contribution >= 4 is 17.6 Å². The lowest BCUT2D eigenvalue weighted by molar-refractivity contribution is 0.0923. The molecule has 0 spiro atoms. The standard InChI is InChI=1S/C22H18FN3O2/c1-13-19(15-8-10-16(23)11-9-15)24-25(12-14-6-7-14)20(13)26-21(27)17-4-2-3-5-18(17)22(26)28/h2-5,8-11,14H,6-7,12H2,1H3. The molecule has 3 aromatic rings. The molecule has 2 amide bonds. The second kappa shape index (κ2) is 6.12. The molecule has 5 rings (SSSR count). The van der Waals surface area contributed by atoms with Crippen LogP contribution < -0.4 is 4.90 Å². The fraction of sp³-hybridized carbons (Fsp3) is 0.227. The van der Waals surface area contributed by atoms with Gasteiger partial charge in [0.05, 0.1) is 16.8 Å². The average molecular weight is 375 g/mol. The van der Waals surface area contributed by atoms with E-state index in [0.717, 1.165) is 24.0 Å². The number of amides is 2. The van der Waals surface area contributed by atoms with Gasteiger partial charge in [0.15, 0.2) is 0 Å². The Morgan fingerprint density at radius 1 is 1.00 bits per heavy atom. The Morgan fingerprint density at radius 2 is 1.61 bits per heavy atom. The van der Waals surface area contributed by atoms with Gasteiger partial charge in [0.25, 0.3) is 11.8 Å². The van der Waals surface area contributed by atoms with E-state index in [9.17, 15) is 14.0 Å². The van der Waals surface area contributed by atoms with Crippen LogP contribution in [0.1, 0.15) is 39.1 Å². The van der Waals surface area contributed by atoms with Crippen molar-refractivity contribution in [1.82, 2.24) is 9.78 Å². The molecule has 2 aliphatic rings. The van der Waals surface area contributed by atoms with Crippen molar-refractivity contribution in [2.24, 2.45) is 5.92 Å². The lowest BCUT2D eigenvalue weighted by atomic mass is 10.1. The summed E-state index contributed by atoms with van der Waals surface area (Å²) in [4.78, 5) is 27.3. The Balaban J connectivity index is 1.65. The molecule has 28 heavy (non-hydrogen) atoms. The number of benzene rings is 2. The van der Waals surface area contributed by atoms with Crippen molar-refractivity contribution < 1.29 is 14.0 Å². The lowest BCUT2D eigenvalue weighted by Gasteiger charge is -2.17. The highest BCUT2D eigenvalue weighted by Gasteiger charge is 2.40. The second-order valence-electron chi connectivity index (χ2n) is 7.42. The van der Waals surface area contributed by atoms with E-state index in [2.05, 4.69) is 0 Å². The quantitative estimate of drug-likeness (QED) is 0.642. The van der Waals surface area contributed by atoms with Crippen LogP contribution in [-0.2, 0) is 6.54 Å². The summed E-state index contributed by atoms with van der Waals surface area (Å²) < 4.78 is 15.1. The largest absolute Gasteiger partial charge is 0.268 e. The SMILES string of the molecule is Cc1c(-c2ccc(F)cc2)nn(CC2CC2)c1N1C(=O)c2ccccc2C1=O. The van der Waals surface area contributed by atoms with Gasteiger partial charge in [-0.15, -0.1) is 0 Å². The van der Waals surface area contributed by atoms with E-state index < -0.39 is 0 Å². The third-order valence-corrected chi connectivity index (χ3v) is 5.41. The fourth-order valence-electron chi connectivity index (χ4n) is 3.76. The number of nitrogens with zero attached hydrogens (tertiary/aromatic N) is 3. The third kappa shape index (κ3) is 2.56. The number of imide groups is 1. The van der Waals surface area contributed by atoms with E-state index in [1.165, 1.54) is 17.0 Å². The van der Waals surface area contributed by atoms with E-state index in [1.54, 1.807) is 41.1 Å². The number of carbonyl (C=O) groups excluding carboxylic acids is 2. The summed E-state index contributed by atoms with van der Waals surface area (Å²) in [7, 11) is 0. The number of hydrogen-bond donors (Lipinski definition) is 0. The molecule has 0 bridgehead atoms. The predicted octanol–water partition coefficient (Wildman–Crippen LogP) is 4.21. The minimum Gasteiger partial charge on any atom is -0.268 e. The van der Waals surface area contributed by atoms with Gasteiger partial charge in [0.2, 0.25) is 0 Å². The van der Waals surface area contributed by atoms with Crippen LogP contribution in [0.25, 0.3) is 11.3 Å². The summed E-state index contributed by atoms with van der Waals surface area (Å²) in [5.74, 6) is 0.0451. The Hall–Kier alpha value is -3.28. The minimum atomic E-state index is -0.327. The molecule has 0 N–H and O–H groups in total. The molecule has 1 saturated carbocycles. The number of halogens is 1. The fourth-order valence-corrected chi connectivity index (χ4v) is 3.76. The summed E-state index contributed by atoms with van der Waals surface area (Å²) in [6.07, 6.45) is 2.23. The number of anilines is 1. The van der Waals surface area contributed by atoms with Gasteiger partial charge in [-0.2, -0.15) is 5.10 Å². The molecule has 1 aliphatic carbocycles. The van der Waals surface area contributed by atoms with Crippen LogP contribution in [0.2, 0.25) is 0 Å². The molecular formula is C22H18FN3O2. The Kier molecular flexibility index (Phi) is 3.69. The van der Waals surface area contributed by atoms with Crippen LogP contribution in [0.3, 0.4) is 0 Å². The maximum atomic E-state index is 13.3. The van der Waals surface area contributed by atoms with Crippen molar-refractivity contribution in [1.29, 1.82) is 0 Å². The summed E-state index contributed by atoms with van der Waals surface area (Å²) in [5.41, 5.74) is 2.98. The van der Waals surface area contributed by atoms with Crippen LogP contribution in [-0.4, -0.2) is 21.6 Å². The van der Waals surface area contributed by atoms with Crippen LogP contribution in [0.5, 0.6) is 0 Å². The van der Waals surface area contributed by atoms with Crippen molar-refractivity contribution in [3.05, 3.63) is 71.0 Å². The Labute approximate surface area is 161 Å². The van der Waals surface area contributed by atoms with E-state index in [0.29, 0.717) is 35.1 Å². The van der Waals surface area contributed by atoms with Crippen molar-refractivity contribution in [3.63, 3.8) is 0 Å². The molecule has 6 heteroatoms. The summed E-state index contributed by atoms with van der Waals surface area (Å²) >= 11 is 0. The van der Waals surface area contributed by atoms with Crippen LogP contribution >= 0.6 is 0 Å². The molecule has 5 nitrogen and oxygen atoms in total. The Bertz CT molecular complexity index is 1080. The Morgan fingerprint density at radius 3 is 2.18 bits per heavy atom. The number of aromatic nitrogens is 2. The van der Waals surface area contributed by atoms with E-state index in [1.807, 2.05) is 6.92 Å². The number of rotatable bonds is 4. The molecule has 140 valence electrons. The van der Waals surface area contributed by atoms with Crippen molar-refractivity contribution in [3.8, 4) is 11.3 Å². The first-order chi connectivity index (χ1) is 13.5. The van der Waals surface area contributed by atoms with Gasteiger partial charge in [0.1, 0.15) is 11.6 Å². The zero-order valence-corrected chi connectivity index (χ0v) is 15.4. The first-order valence-corrected chi connectivity index (χ1v) is 9.35. The number of fused-ring (bicyclic) bond motifs is 1. The number of hydrogen-bond acceptors (Lipinski definition) is 3. The van der Waals surface area contributed by atoms with Gasteiger partial charge in [-0.3, -0.25) is 9.59 Å². The topological polar surface area (TPSA) is 55.2 Å². The highest BCUT2D eigenvalue weighted by atomic mass is 19.1. The van der Waals surface area contributed by atoms with E-state index in [-0.39, 0.29) is 17.6 Å². The van der Waals surface area contributed by atoms with Gasteiger partial charge in [-0.25, -0.2) is 14.0 Å². The van der Waals surface area contributed by atoms with Crippen LogP contribution in [0, 0.1) is 18.7 Å². The second-order valence-corrected chi connectivity index (χ2v) is 7.42. The average Bonchev–Trinajstić information content (AvgIpc) is 3.42. The molecule has 2 heterocycles. The molecule has 1 aromatic heterocycles. The van der Waals surface area contributed by atoms with Gasteiger partial charge in [-0.1, -0.05) is 12.1 Å². The molecule has 0 atom stereocenters. The highest BCUT2D eigenvalue weighted by Crippen LogP contribution is 2.38. The smallest absolute Gasteiger partial charge is 0.267 e. The minimum absolute atomic E-state index is 0.320. The van der Waals surface area contributed by atoms with Gasteiger partial charge < -0.3 is 0 Å². The van der Waals surface area contributed by atoms with Crippen molar-refractivity contribution in [2.75, 3.05) is 4.90 Å². The van der Waals surface area contributed by atoms with Crippen LogP contribution in [0.15, 0.2) is 48.5 Å². The summed E-state index contributed by atoms with van der Waals surface area (Å²) in [6, 6.07) is 13.0. The summed E-state index contributed by atoms with van der Waals surface area (Å²) in [6.45, 7) is 2.51. The lowest BCUT2D eigenvalue weighted by Crippen LogP contribution is -2.32. The molecular weight excluding hydrogens is 357 g/mol. The zero-order valence-electron chi connectivity index (χ0n) is 15.4. The van der Waals surface area contributed by atoms with Crippen LogP contribution in [0.4, 0.5) is 10.2 Å². The molecule has 0 radical (unpaired) electrons. The predicted molar refractivity (Wildman–Crippen MR) is 103 cm³/mol. The monoisotopic (exact) mass is 375 g/mol. The molecule has 2 aromatic carbocycles. The third-order valence-electron chi connectivity index (χ3n) is 5.41. The van der Waals surface area contributed by atoms with Gasteiger partial charge in [-0.05, 0) is 62.1 Å². The molecule has 1 aliphatic heterocycles. The maximum Gasteiger partial charge on any atom is 0.267 e. The normalized spacial score (nSPS) is 16.0. The van der Waals surface area contributed by atoms with Crippen molar-refractivity contribution in [2.45, 2.75) is 26.3 Å². The summed E-state index contributed by atoms with van der Waals surface area (Å²) in [5, 5.41) is 4.71. The molecule has 1 fully saturated rings. The first-order valence-electron chi connectivity index (χ1n) is 9.35. The number of carbonyl (C=O) groups is 2. The first kappa shape index (κ1) is 16.9. The molecule has 0 unspecified atom stereocenters. The highest BCUT2D eigenvalue weighted by molar-refractivity contribution is 6.34. The van der Waals surface area contributed by atoms with E-state index >= 15 is 0 Å². The van der Waals surface area contributed by atoms with Gasteiger partial charge >= 0.3 is 0 Å². The van der Waals surface area contributed by atoms with Gasteiger partial charge in [0, 0.05) is 17.7 Å². The zero-order chi connectivity index (χ0) is 19.4.